The average Bonchev–Trinajstić information content (AvgIpc) is 2.91. The van der Waals surface area contributed by atoms with Crippen LogP contribution in [-0.2, 0) is 9.84 Å². The van der Waals surface area contributed by atoms with Crippen LogP contribution in [0.3, 0.4) is 0 Å². The molecule has 0 bridgehead atoms. The van der Waals surface area contributed by atoms with Crippen LogP contribution in [-0.4, -0.2) is 24.9 Å². The Hall–Kier alpha value is -1.01. The van der Waals surface area contributed by atoms with Gasteiger partial charge in [0.05, 0.1) is 10.2 Å². The normalized spacial score (nSPS) is 27.8. The third-order valence-corrected chi connectivity index (χ3v) is 4.86. The van der Waals surface area contributed by atoms with Gasteiger partial charge in [-0.15, -0.1) is 0 Å². The highest BCUT2D eigenvalue weighted by atomic mass is 32.2. The lowest BCUT2D eigenvalue weighted by molar-refractivity contribution is 0.599. The van der Waals surface area contributed by atoms with E-state index < -0.39 is 15.1 Å². The second kappa shape index (κ2) is 4.03. The zero-order chi connectivity index (χ0) is 12.8. The van der Waals surface area contributed by atoms with Crippen LogP contribution in [0.1, 0.15) is 11.5 Å². The summed E-state index contributed by atoms with van der Waals surface area (Å²) >= 11 is 4.86. The molecule has 92 valence electrons. The molecule has 2 rings (SSSR count). The summed E-state index contributed by atoms with van der Waals surface area (Å²) in [6.45, 7) is 0. The van der Waals surface area contributed by atoms with E-state index in [1.807, 2.05) is 0 Å². The van der Waals surface area contributed by atoms with Gasteiger partial charge in [-0.2, -0.15) is 0 Å². The van der Waals surface area contributed by atoms with Gasteiger partial charge < -0.3 is 5.73 Å². The second-order valence-electron chi connectivity index (χ2n) is 4.30. The zero-order valence-corrected chi connectivity index (χ0v) is 10.8. The van der Waals surface area contributed by atoms with E-state index >= 15 is 0 Å². The van der Waals surface area contributed by atoms with Crippen LogP contribution in [0.5, 0.6) is 0 Å². The molecule has 1 aromatic carbocycles. The van der Waals surface area contributed by atoms with Gasteiger partial charge in [0.15, 0.2) is 9.84 Å². The van der Waals surface area contributed by atoms with Crippen LogP contribution in [0, 0.1) is 11.7 Å². The SMILES string of the molecule is CS(=O)(=O)[C@@H]1[C@H](C(N)=S)[C@@H]1c1cccc(F)c1. The highest BCUT2D eigenvalue weighted by molar-refractivity contribution is 7.91. The monoisotopic (exact) mass is 273 g/mol. The standard InChI is InChI=1S/C11H12FNO2S2/c1-17(14,15)10-8(9(10)11(13)16)6-3-2-4-7(12)5-6/h2-5,8-10H,1H3,(H2,13,16)/t8-,9+,10-/m0/s1. The molecular formula is C11H12FNO2S2. The van der Waals surface area contributed by atoms with Gasteiger partial charge in [-0.05, 0) is 17.7 Å². The molecule has 0 spiro atoms. The maximum absolute atomic E-state index is 13.1. The quantitative estimate of drug-likeness (QED) is 0.842. The first-order valence-electron chi connectivity index (χ1n) is 5.06. The van der Waals surface area contributed by atoms with Crippen molar-refractivity contribution in [2.24, 2.45) is 11.7 Å². The highest BCUT2D eigenvalue weighted by Crippen LogP contribution is 2.52. The Labute approximate surface area is 105 Å². The summed E-state index contributed by atoms with van der Waals surface area (Å²) in [5.41, 5.74) is 6.16. The van der Waals surface area contributed by atoms with Crippen LogP contribution in [0.15, 0.2) is 24.3 Å². The Morgan fingerprint density at radius 2 is 2.12 bits per heavy atom. The first kappa shape index (κ1) is 12.4. The maximum atomic E-state index is 13.1. The van der Waals surface area contributed by atoms with E-state index in [1.54, 1.807) is 12.1 Å². The first-order chi connectivity index (χ1) is 7.82. The number of thiocarbonyl (C=S) groups is 1. The Morgan fingerprint density at radius 3 is 2.53 bits per heavy atom. The molecule has 0 amide bonds. The number of hydrogen-bond donors (Lipinski definition) is 1. The van der Waals surface area contributed by atoms with Crippen molar-refractivity contribution < 1.29 is 12.8 Å². The third kappa shape index (κ3) is 2.32. The van der Waals surface area contributed by atoms with Crippen molar-refractivity contribution in [3.8, 4) is 0 Å². The molecule has 1 aliphatic rings. The number of hydrogen-bond acceptors (Lipinski definition) is 3. The molecule has 17 heavy (non-hydrogen) atoms. The lowest BCUT2D eigenvalue weighted by Gasteiger charge is -1.99. The minimum Gasteiger partial charge on any atom is -0.393 e. The molecule has 1 saturated carbocycles. The average molecular weight is 273 g/mol. The number of rotatable bonds is 3. The summed E-state index contributed by atoms with van der Waals surface area (Å²) < 4.78 is 36.2. The third-order valence-electron chi connectivity index (χ3n) is 3.01. The number of nitrogens with two attached hydrogens (primary N) is 1. The van der Waals surface area contributed by atoms with Gasteiger partial charge in [-0.3, -0.25) is 0 Å². The molecule has 0 radical (unpaired) electrons. The van der Waals surface area contributed by atoms with Crippen LogP contribution in [0.2, 0.25) is 0 Å². The van der Waals surface area contributed by atoms with Gasteiger partial charge >= 0.3 is 0 Å². The lowest BCUT2D eigenvalue weighted by atomic mass is 10.1. The fourth-order valence-electron chi connectivity index (χ4n) is 2.27. The van der Waals surface area contributed by atoms with Crippen LogP contribution in [0.4, 0.5) is 4.39 Å². The van der Waals surface area contributed by atoms with Gasteiger partial charge in [0.1, 0.15) is 5.82 Å². The van der Waals surface area contributed by atoms with E-state index in [4.69, 9.17) is 18.0 Å². The molecule has 3 nitrogen and oxygen atoms in total. The highest BCUT2D eigenvalue weighted by Gasteiger charge is 2.58. The first-order valence-corrected chi connectivity index (χ1v) is 7.42. The molecule has 1 fully saturated rings. The molecule has 1 aromatic rings. The van der Waals surface area contributed by atoms with Crippen molar-refractivity contribution >= 4 is 27.0 Å². The second-order valence-corrected chi connectivity index (χ2v) is 6.98. The van der Waals surface area contributed by atoms with Crippen LogP contribution < -0.4 is 5.73 Å². The van der Waals surface area contributed by atoms with E-state index in [9.17, 15) is 12.8 Å². The maximum Gasteiger partial charge on any atom is 0.151 e. The fraction of sp³-hybridized carbons (Fsp3) is 0.364. The van der Waals surface area contributed by atoms with Crippen molar-refractivity contribution in [3.05, 3.63) is 35.6 Å². The number of sulfone groups is 1. The van der Waals surface area contributed by atoms with Gasteiger partial charge in [0.2, 0.25) is 0 Å². The summed E-state index contributed by atoms with van der Waals surface area (Å²) in [6.07, 6.45) is 1.15. The molecule has 6 heteroatoms. The van der Waals surface area contributed by atoms with Crippen LogP contribution >= 0.6 is 12.2 Å². The molecule has 2 N–H and O–H groups in total. The molecule has 3 atom stereocenters. The van der Waals surface area contributed by atoms with Crippen molar-refractivity contribution in [2.75, 3.05) is 6.26 Å². The summed E-state index contributed by atoms with van der Waals surface area (Å²) in [5.74, 6) is -1.07. The summed E-state index contributed by atoms with van der Waals surface area (Å²) in [4.78, 5) is 0.176. The van der Waals surface area contributed by atoms with Gasteiger partial charge in [0.25, 0.3) is 0 Å². The minimum absolute atomic E-state index is 0.176. The lowest BCUT2D eigenvalue weighted by Crippen LogP contribution is -2.16. The van der Waals surface area contributed by atoms with E-state index in [0.717, 1.165) is 6.26 Å². The molecule has 0 aromatic heterocycles. The molecule has 0 aliphatic heterocycles. The van der Waals surface area contributed by atoms with Crippen molar-refractivity contribution in [1.82, 2.24) is 0 Å². The summed E-state index contributed by atoms with van der Waals surface area (Å²) in [6, 6.07) is 5.90. The van der Waals surface area contributed by atoms with E-state index in [0.29, 0.717) is 5.56 Å². The fourth-order valence-corrected chi connectivity index (χ4v) is 4.26. The van der Waals surface area contributed by atoms with Gasteiger partial charge in [-0.25, -0.2) is 12.8 Å². The predicted octanol–water partition coefficient (Wildman–Crippen LogP) is 1.24. The van der Waals surface area contributed by atoms with Crippen molar-refractivity contribution in [3.63, 3.8) is 0 Å². The van der Waals surface area contributed by atoms with Gasteiger partial charge in [0, 0.05) is 18.1 Å². The molecule has 0 heterocycles. The Balaban J connectivity index is 2.37. The molecular weight excluding hydrogens is 261 g/mol. The van der Waals surface area contributed by atoms with Crippen molar-refractivity contribution in [2.45, 2.75) is 11.2 Å². The largest absolute Gasteiger partial charge is 0.393 e. The van der Waals surface area contributed by atoms with E-state index in [2.05, 4.69) is 0 Å². The topological polar surface area (TPSA) is 60.2 Å². The van der Waals surface area contributed by atoms with E-state index in [-0.39, 0.29) is 22.6 Å². The van der Waals surface area contributed by atoms with Crippen molar-refractivity contribution in [1.29, 1.82) is 0 Å². The minimum atomic E-state index is -3.22. The predicted molar refractivity (Wildman–Crippen MR) is 68.0 cm³/mol. The summed E-state index contributed by atoms with van der Waals surface area (Å²) in [5, 5.41) is -0.609. The number of benzene rings is 1. The Bertz CT molecular complexity index is 571. The van der Waals surface area contributed by atoms with Gasteiger partial charge in [-0.1, -0.05) is 24.4 Å². The van der Waals surface area contributed by atoms with E-state index in [1.165, 1.54) is 12.1 Å². The smallest absolute Gasteiger partial charge is 0.151 e. The molecule has 0 unspecified atom stereocenters. The molecule has 1 aliphatic carbocycles. The number of halogens is 1. The summed E-state index contributed by atoms with van der Waals surface area (Å²) in [7, 11) is -3.22. The van der Waals surface area contributed by atoms with Crippen LogP contribution in [0.25, 0.3) is 0 Å². The zero-order valence-electron chi connectivity index (χ0n) is 9.13. The Morgan fingerprint density at radius 1 is 1.47 bits per heavy atom. The molecule has 0 saturated heterocycles. The Kier molecular flexibility index (Phi) is 2.95.